The van der Waals surface area contributed by atoms with Crippen LogP contribution >= 0.6 is 24.0 Å². The predicted molar refractivity (Wildman–Crippen MR) is 83.4 cm³/mol. The highest BCUT2D eigenvalue weighted by Crippen LogP contribution is 2.20. The van der Waals surface area contributed by atoms with Crippen molar-refractivity contribution in [3.8, 4) is 0 Å². The van der Waals surface area contributed by atoms with Crippen molar-refractivity contribution in [2.75, 3.05) is 0 Å². The molecule has 0 bridgehead atoms. The molecule has 2 rings (SSSR count). The summed E-state index contributed by atoms with van der Waals surface area (Å²) < 4.78 is 0. The lowest BCUT2D eigenvalue weighted by molar-refractivity contribution is 0.0950. The highest BCUT2D eigenvalue weighted by atomic mass is 32.1. The van der Waals surface area contributed by atoms with Gasteiger partial charge in [0.1, 0.15) is 0 Å². The molecule has 4 heteroatoms. The maximum absolute atomic E-state index is 12.1. The monoisotopic (exact) mass is 291 g/mol. The number of rotatable bonds is 3. The number of thiol groups is 1. The first-order chi connectivity index (χ1) is 8.97. The normalized spacial score (nSPS) is 10.5. The van der Waals surface area contributed by atoms with Crippen molar-refractivity contribution in [1.29, 1.82) is 0 Å². The molecule has 2 nitrogen and oxygen atoms in total. The Balaban J connectivity index is 2.07. The second-order valence-electron chi connectivity index (χ2n) is 4.63. The van der Waals surface area contributed by atoms with Gasteiger partial charge in [-0.15, -0.1) is 24.0 Å². The maximum atomic E-state index is 12.1. The molecule has 0 fully saturated rings. The molecule has 1 amide bonds. The minimum Gasteiger partial charge on any atom is -0.347 e. The third-order valence-electron chi connectivity index (χ3n) is 3.11. The molecule has 0 aliphatic rings. The van der Waals surface area contributed by atoms with Gasteiger partial charge in [0.2, 0.25) is 0 Å². The molecule has 0 radical (unpaired) electrons. The second kappa shape index (κ2) is 5.80. The number of amides is 1. The summed E-state index contributed by atoms with van der Waals surface area (Å²) in [6.45, 7) is 6.70. The molecule has 0 saturated heterocycles. The van der Waals surface area contributed by atoms with Crippen molar-refractivity contribution in [2.24, 2.45) is 0 Å². The first-order valence-electron chi connectivity index (χ1n) is 6.11. The van der Waals surface area contributed by atoms with Crippen LogP contribution in [0.15, 0.2) is 29.2 Å². The maximum Gasteiger partial charge on any atom is 0.251 e. The van der Waals surface area contributed by atoms with Gasteiger partial charge in [-0.3, -0.25) is 4.79 Å². The molecule has 0 spiro atoms. The zero-order valence-electron chi connectivity index (χ0n) is 11.3. The van der Waals surface area contributed by atoms with E-state index in [0.29, 0.717) is 12.1 Å². The SMILES string of the molecule is Cc1ccc(S)cc1C(=O)NCc1cc(C)c(C)s1. The Morgan fingerprint density at radius 3 is 2.58 bits per heavy atom. The molecule has 2 aromatic rings. The van der Waals surface area contributed by atoms with E-state index >= 15 is 0 Å². The number of nitrogens with one attached hydrogen (secondary N) is 1. The molecule has 0 saturated carbocycles. The molecule has 0 unspecified atom stereocenters. The van der Waals surface area contributed by atoms with E-state index in [0.717, 1.165) is 10.5 Å². The van der Waals surface area contributed by atoms with Gasteiger partial charge in [0.15, 0.2) is 0 Å². The van der Waals surface area contributed by atoms with Crippen LogP contribution in [-0.2, 0) is 6.54 Å². The molecule has 1 aromatic carbocycles. The third-order valence-corrected chi connectivity index (χ3v) is 4.54. The fourth-order valence-corrected chi connectivity index (χ4v) is 3.05. The number of benzene rings is 1. The number of hydrogen-bond donors (Lipinski definition) is 2. The number of carbonyl (C=O) groups is 1. The van der Waals surface area contributed by atoms with Crippen LogP contribution in [0, 0.1) is 20.8 Å². The number of thiophene rings is 1. The molecule has 0 atom stereocenters. The molecular weight excluding hydrogens is 274 g/mol. The Bertz CT molecular complexity index is 597. The van der Waals surface area contributed by atoms with Crippen LogP contribution < -0.4 is 5.32 Å². The molecule has 1 aromatic heterocycles. The highest BCUT2D eigenvalue weighted by molar-refractivity contribution is 7.80. The zero-order chi connectivity index (χ0) is 14.0. The first-order valence-corrected chi connectivity index (χ1v) is 7.37. The largest absolute Gasteiger partial charge is 0.347 e. The average molecular weight is 291 g/mol. The lowest BCUT2D eigenvalue weighted by Crippen LogP contribution is -2.23. The van der Waals surface area contributed by atoms with Crippen LogP contribution in [0.25, 0.3) is 0 Å². The van der Waals surface area contributed by atoms with Gasteiger partial charge >= 0.3 is 0 Å². The Kier molecular flexibility index (Phi) is 4.32. The fraction of sp³-hybridized carbons (Fsp3) is 0.267. The van der Waals surface area contributed by atoms with E-state index < -0.39 is 0 Å². The van der Waals surface area contributed by atoms with Crippen molar-refractivity contribution < 1.29 is 4.79 Å². The average Bonchev–Trinajstić information content (AvgIpc) is 2.69. The van der Waals surface area contributed by atoms with Crippen molar-refractivity contribution in [2.45, 2.75) is 32.2 Å². The molecule has 0 aliphatic heterocycles. The standard InChI is InChI=1S/C15H17NOS2/c1-9-4-5-12(18)7-14(9)15(17)16-8-13-6-10(2)11(3)19-13/h4-7,18H,8H2,1-3H3,(H,16,17). The molecule has 0 aliphatic carbocycles. The molecule has 19 heavy (non-hydrogen) atoms. The Morgan fingerprint density at radius 1 is 1.21 bits per heavy atom. The van der Waals surface area contributed by atoms with Gasteiger partial charge in [-0.2, -0.15) is 0 Å². The number of hydrogen-bond acceptors (Lipinski definition) is 3. The third kappa shape index (κ3) is 3.39. The minimum atomic E-state index is -0.0443. The van der Waals surface area contributed by atoms with Crippen LogP contribution in [0.3, 0.4) is 0 Å². The van der Waals surface area contributed by atoms with Crippen LogP contribution in [0.5, 0.6) is 0 Å². The molecular formula is C15H17NOS2. The summed E-state index contributed by atoms with van der Waals surface area (Å²) in [7, 11) is 0. The van der Waals surface area contributed by atoms with Gasteiger partial charge in [0.05, 0.1) is 6.54 Å². The number of aryl methyl sites for hydroxylation is 3. The topological polar surface area (TPSA) is 29.1 Å². The van der Waals surface area contributed by atoms with Gasteiger partial charge in [-0.25, -0.2) is 0 Å². The predicted octanol–water partition coefficient (Wildman–Crippen LogP) is 3.89. The fourth-order valence-electron chi connectivity index (χ4n) is 1.85. The van der Waals surface area contributed by atoms with Gasteiger partial charge in [0.25, 0.3) is 5.91 Å². The summed E-state index contributed by atoms with van der Waals surface area (Å²) in [4.78, 5) is 15.4. The van der Waals surface area contributed by atoms with Crippen molar-refractivity contribution in [3.05, 3.63) is 50.7 Å². The summed E-state index contributed by atoms with van der Waals surface area (Å²) >= 11 is 6.00. The van der Waals surface area contributed by atoms with E-state index in [1.54, 1.807) is 17.4 Å². The lowest BCUT2D eigenvalue weighted by atomic mass is 10.1. The van der Waals surface area contributed by atoms with E-state index in [9.17, 15) is 4.79 Å². The van der Waals surface area contributed by atoms with E-state index in [1.165, 1.54) is 15.3 Å². The lowest BCUT2D eigenvalue weighted by Gasteiger charge is -2.07. The van der Waals surface area contributed by atoms with Crippen LogP contribution in [0.4, 0.5) is 0 Å². The first kappa shape index (κ1) is 14.2. The van der Waals surface area contributed by atoms with Gasteiger partial charge in [-0.05, 0) is 50.1 Å². The van der Waals surface area contributed by atoms with Gasteiger partial charge < -0.3 is 5.32 Å². The minimum absolute atomic E-state index is 0.0443. The Morgan fingerprint density at radius 2 is 1.95 bits per heavy atom. The quantitative estimate of drug-likeness (QED) is 0.825. The zero-order valence-corrected chi connectivity index (χ0v) is 13.0. The summed E-state index contributed by atoms with van der Waals surface area (Å²) in [6.07, 6.45) is 0. The Hall–Kier alpha value is -1.26. The van der Waals surface area contributed by atoms with E-state index in [2.05, 4.69) is 37.9 Å². The van der Waals surface area contributed by atoms with Gasteiger partial charge in [-0.1, -0.05) is 6.07 Å². The van der Waals surface area contributed by atoms with Crippen LogP contribution in [0.2, 0.25) is 0 Å². The van der Waals surface area contributed by atoms with Gasteiger partial charge in [0, 0.05) is 20.2 Å². The van der Waals surface area contributed by atoms with Crippen LogP contribution in [0.1, 0.15) is 31.2 Å². The summed E-state index contributed by atoms with van der Waals surface area (Å²) in [6, 6.07) is 7.73. The summed E-state index contributed by atoms with van der Waals surface area (Å²) in [5, 5.41) is 2.96. The Labute approximate surface area is 123 Å². The van der Waals surface area contributed by atoms with E-state index in [4.69, 9.17) is 0 Å². The smallest absolute Gasteiger partial charge is 0.251 e. The van der Waals surface area contributed by atoms with E-state index in [-0.39, 0.29) is 5.91 Å². The molecule has 1 N–H and O–H groups in total. The molecule has 1 heterocycles. The van der Waals surface area contributed by atoms with Crippen molar-refractivity contribution >= 4 is 29.9 Å². The van der Waals surface area contributed by atoms with Crippen molar-refractivity contribution in [1.82, 2.24) is 5.32 Å². The second-order valence-corrected chi connectivity index (χ2v) is 6.49. The highest BCUT2D eigenvalue weighted by Gasteiger charge is 2.10. The summed E-state index contributed by atoms with van der Waals surface area (Å²) in [5.74, 6) is -0.0443. The summed E-state index contributed by atoms with van der Waals surface area (Å²) in [5.41, 5.74) is 2.94. The van der Waals surface area contributed by atoms with E-state index in [1.807, 2.05) is 19.1 Å². The number of carbonyl (C=O) groups excluding carboxylic acids is 1. The van der Waals surface area contributed by atoms with Crippen molar-refractivity contribution in [3.63, 3.8) is 0 Å². The molecule has 100 valence electrons. The van der Waals surface area contributed by atoms with Crippen LogP contribution in [-0.4, -0.2) is 5.91 Å².